The summed E-state index contributed by atoms with van der Waals surface area (Å²) < 4.78 is 15.6. The van der Waals surface area contributed by atoms with Gasteiger partial charge in [0, 0.05) is 0 Å². The van der Waals surface area contributed by atoms with Gasteiger partial charge in [0.05, 0.1) is 24.0 Å². The molecule has 7 heteroatoms. The van der Waals surface area contributed by atoms with Crippen molar-refractivity contribution in [3.8, 4) is 21.3 Å². The molecule has 3 heterocycles. The maximum atomic E-state index is 12.3. The van der Waals surface area contributed by atoms with Crippen LogP contribution in [-0.4, -0.2) is 26.2 Å². The summed E-state index contributed by atoms with van der Waals surface area (Å²) in [5, 5.41) is 3.73. The topological polar surface area (TPSA) is 65.7 Å². The standard InChI is InChI=1S/C16H12O5S2/c1-19-15(17)11-12(16(18)20-2)14(10-6-4-8-23-10)21-13(11)9-5-3-7-22-9/h3-8H,1-2H3. The van der Waals surface area contributed by atoms with Gasteiger partial charge in [-0.15, -0.1) is 22.7 Å². The minimum atomic E-state index is -0.639. The third-order valence-electron chi connectivity index (χ3n) is 3.18. The Morgan fingerprint density at radius 3 is 1.61 bits per heavy atom. The Kier molecular flexibility index (Phi) is 4.31. The van der Waals surface area contributed by atoms with Gasteiger partial charge in [-0.25, -0.2) is 9.59 Å². The Labute approximate surface area is 140 Å². The monoisotopic (exact) mass is 348 g/mol. The van der Waals surface area contributed by atoms with Gasteiger partial charge in [0.15, 0.2) is 11.5 Å². The second kappa shape index (κ2) is 6.39. The van der Waals surface area contributed by atoms with Crippen molar-refractivity contribution in [3.05, 3.63) is 46.2 Å². The first kappa shape index (κ1) is 15.5. The molecule has 0 atom stereocenters. The normalized spacial score (nSPS) is 10.5. The predicted molar refractivity (Wildman–Crippen MR) is 88.0 cm³/mol. The molecule has 0 saturated heterocycles. The molecule has 0 radical (unpaired) electrons. The first-order valence-electron chi connectivity index (χ1n) is 6.58. The number of methoxy groups -OCH3 is 2. The third-order valence-corrected chi connectivity index (χ3v) is 4.91. The van der Waals surface area contributed by atoms with E-state index < -0.39 is 11.9 Å². The Morgan fingerprint density at radius 2 is 1.30 bits per heavy atom. The summed E-state index contributed by atoms with van der Waals surface area (Å²) in [6.45, 7) is 0. The number of esters is 2. The Morgan fingerprint density at radius 1 is 0.870 bits per heavy atom. The van der Waals surface area contributed by atoms with Crippen LogP contribution in [0.5, 0.6) is 0 Å². The van der Waals surface area contributed by atoms with Gasteiger partial charge in [0.25, 0.3) is 0 Å². The number of furan rings is 1. The van der Waals surface area contributed by atoms with Gasteiger partial charge < -0.3 is 13.9 Å². The predicted octanol–water partition coefficient (Wildman–Crippen LogP) is 4.31. The molecule has 0 N–H and O–H groups in total. The average Bonchev–Trinajstić information content (AvgIpc) is 3.31. The molecule has 23 heavy (non-hydrogen) atoms. The van der Waals surface area contributed by atoms with Crippen molar-refractivity contribution in [3.63, 3.8) is 0 Å². The first-order chi connectivity index (χ1) is 11.2. The molecule has 3 aromatic heterocycles. The number of hydrogen-bond acceptors (Lipinski definition) is 7. The molecule has 3 aromatic rings. The van der Waals surface area contributed by atoms with Gasteiger partial charge in [-0.2, -0.15) is 0 Å². The van der Waals surface area contributed by atoms with E-state index in [0.29, 0.717) is 11.5 Å². The van der Waals surface area contributed by atoms with Crippen molar-refractivity contribution in [1.82, 2.24) is 0 Å². The highest BCUT2D eigenvalue weighted by molar-refractivity contribution is 7.14. The summed E-state index contributed by atoms with van der Waals surface area (Å²) in [5.41, 5.74) is 0.176. The van der Waals surface area contributed by atoms with Gasteiger partial charge in [-0.3, -0.25) is 0 Å². The van der Waals surface area contributed by atoms with Crippen molar-refractivity contribution in [2.24, 2.45) is 0 Å². The van der Waals surface area contributed by atoms with Crippen molar-refractivity contribution < 1.29 is 23.5 Å². The third kappa shape index (κ3) is 2.69. The van der Waals surface area contributed by atoms with Crippen LogP contribution < -0.4 is 0 Å². The highest BCUT2D eigenvalue weighted by Gasteiger charge is 2.33. The van der Waals surface area contributed by atoms with Crippen LogP contribution in [0.15, 0.2) is 39.4 Å². The lowest BCUT2D eigenvalue weighted by molar-refractivity contribution is 0.0558. The second-order valence-corrected chi connectivity index (χ2v) is 6.34. The molecule has 0 aliphatic heterocycles. The van der Waals surface area contributed by atoms with Crippen molar-refractivity contribution in [2.75, 3.05) is 14.2 Å². The number of carbonyl (C=O) groups is 2. The van der Waals surface area contributed by atoms with Crippen molar-refractivity contribution >= 4 is 34.6 Å². The largest absolute Gasteiger partial charge is 0.465 e. The van der Waals surface area contributed by atoms with E-state index in [1.807, 2.05) is 35.0 Å². The van der Waals surface area contributed by atoms with E-state index in [1.54, 1.807) is 0 Å². The zero-order chi connectivity index (χ0) is 16.4. The Balaban J connectivity index is 2.33. The van der Waals surface area contributed by atoms with Gasteiger partial charge in [0.2, 0.25) is 0 Å². The number of carbonyl (C=O) groups excluding carboxylic acids is 2. The summed E-state index contributed by atoms with van der Waals surface area (Å²) >= 11 is 2.81. The van der Waals surface area contributed by atoms with Crippen LogP contribution in [0.4, 0.5) is 0 Å². The first-order valence-corrected chi connectivity index (χ1v) is 8.34. The summed E-state index contributed by atoms with van der Waals surface area (Å²) in [4.78, 5) is 26.0. The van der Waals surface area contributed by atoms with E-state index in [9.17, 15) is 9.59 Å². The number of ether oxygens (including phenoxy) is 2. The molecule has 0 amide bonds. The highest BCUT2D eigenvalue weighted by Crippen LogP contribution is 2.41. The summed E-state index contributed by atoms with van der Waals surface area (Å²) in [6.07, 6.45) is 0. The molecular weight excluding hydrogens is 336 g/mol. The van der Waals surface area contributed by atoms with E-state index >= 15 is 0 Å². The van der Waals surface area contributed by atoms with Gasteiger partial charge in [-0.05, 0) is 22.9 Å². The lowest BCUT2D eigenvalue weighted by atomic mass is 10.1. The molecule has 5 nitrogen and oxygen atoms in total. The smallest absolute Gasteiger partial charge is 0.342 e. The number of rotatable bonds is 4. The fraction of sp³-hybridized carbons (Fsp3) is 0.125. The molecule has 0 saturated carbocycles. The Bertz CT molecular complexity index is 760. The average molecular weight is 348 g/mol. The maximum Gasteiger partial charge on any atom is 0.342 e. The van der Waals surface area contributed by atoms with Crippen molar-refractivity contribution in [2.45, 2.75) is 0 Å². The molecule has 118 valence electrons. The fourth-order valence-corrected chi connectivity index (χ4v) is 3.61. The van der Waals surface area contributed by atoms with E-state index in [0.717, 1.165) is 9.75 Å². The molecule has 0 unspecified atom stereocenters. The lowest BCUT2D eigenvalue weighted by Crippen LogP contribution is -2.11. The fourth-order valence-electron chi connectivity index (χ4n) is 2.19. The zero-order valence-electron chi connectivity index (χ0n) is 12.3. The lowest BCUT2D eigenvalue weighted by Gasteiger charge is -2.02. The van der Waals surface area contributed by atoms with E-state index in [4.69, 9.17) is 13.9 Å². The van der Waals surface area contributed by atoms with Crippen molar-refractivity contribution in [1.29, 1.82) is 0 Å². The van der Waals surface area contributed by atoms with Crippen LogP contribution in [0.2, 0.25) is 0 Å². The molecule has 0 bridgehead atoms. The number of thiophene rings is 2. The summed E-state index contributed by atoms with van der Waals surface area (Å²) in [6, 6.07) is 7.31. The van der Waals surface area contributed by atoms with Gasteiger partial charge >= 0.3 is 11.9 Å². The van der Waals surface area contributed by atoms with E-state index in [-0.39, 0.29) is 11.1 Å². The van der Waals surface area contributed by atoms with Crippen LogP contribution >= 0.6 is 22.7 Å². The Hall–Kier alpha value is -2.38. The maximum absolute atomic E-state index is 12.3. The van der Waals surface area contributed by atoms with E-state index in [1.165, 1.54) is 36.9 Å². The van der Waals surface area contributed by atoms with Crippen LogP contribution in [0.25, 0.3) is 21.3 Å². The molecule has 0 aliphatic carbocycles. The van der Waals surface area contributed by atoms with E-state index in [2.05, 4.69) is 0 Å². The molecule has 0 aromatic carbocycles. The van der Waals surface area contributed by atoms with Crippen LogP contribution in [0, 0.1) is 0 Å². The van der Waals surface area contributed by atoms with Crippen LogP contribution in [0.1, 0.15) is 20.7 Å². The summed E-state index contributed by atoms with van der Waals surface area (Å²) in [5.74, 6) is -0.646. The van der Waals surface area contributed by atoms with Gasteiger partial charge in [-0.1, -0.05) is 12.1 Å². The second-order valence-electron chi connectivity index (χ2n) is 4.45. The number of hydrogen-bond donors (Lipinski definition) is 0. The highest BCUT2D eigenvalue weighted by atomic mass is 32.1. The minimum Gasteiger partial charge on any atom is -0.465 e. The molecule has 0 aliphatic rings. The molecule has 3 rings (SSSR count). The summed E-state index contributed by atoms with van der Waals surface area (Å²) in [7, 11) is 2.53. The minimum absolute atomic E-state index is 0.0881. The van der Waals surface area contributed by atoms with Crippen LogP contribution in [0.3, 0.4) is 0 Å². The molecular formula is C16H12O5S2. The zero-order valence-corrected chi connectivity index (χ0v) is 14.0. The quantitative estimate of drug-likeness (QED) is 0.657. The van der Waals surface area contributed by atoms with Gasteiger partial charge in [0.1, 0.15) is 11.1 Å². The van der Waals surface area contributed by atoms with Crippen LogP contribution in [-0.2, 0) is 9.47 Å². The SMILES string of the molecule is COC(=O)c1c(-c2cccs2)oc(-c2cccs2)c1C(=O)OC. The molecule has 0 spiro atoms. The molecule has 0 fully saturated rings.